The smallest absolute Gasteiger partial charge is 0.326 e. The van der Waals surface area contributed by atoms with Crippen LogP contribution in [-0.4, -0.2) is 35.1 Å². The Kier molecular flexibility index (Phi) is 4.29. The van der Waals surface area contributed by atoms with Crippen molar-refractivity contribution < 1.29 is 14.7 Å². The molecule has 1 heterocycles. The molecule has 0 aliphatic carbocycles. The minimum absolute atomic E-state index is 0.203. The van der Waals surface area contributed by atoms with Crippen molar-refractivity contribution >= 4 is 11.9 Å². The molecule has 1 aliphatic heterocycles. The van der Waals surface area contributed by atoms with Crippen molar-refractivity contribution in [3.63, 3.8) is 0 Å². The Balaban J connectivity index is 2.57. The van der Waals surface area contributed by atoms with Crippen LogP contribution in [0.2, 0.25) is 0 Å². The molecule has 1 rings (SSSR count). The van der Waals surface area contributed by atoms with Crippen LogP contribution >= 0.6 is 0 Å². The van der Waals surface area contributed by atoms with Crippen molar-refractivity contribution in [3.05, 3.63) is 0 Å². The average Bonchev–Trinajstić information content (AvgIpc) is 2.65. The fourth-order valence-corrected chi connectivity index (χ4v) is 1.95. The highest BCUT2D eigenvalue weighted by molar-refractivity contribution is 5.90. The molecule has 0 radical (unpaired) electrons. The van der Waals surface area contributed by atoms with Gasteiger partial charge in [-0.05, 0) is 32.7 Å². The van der Waals surface area contributed by atoms with Crippen LogP contribution < -0.4 is 10.6 Å². The number of amides is 1. The first-order valence-corrected chi connectivity index (χ1v) is 5.78. The molecule has 1 aliphatic rings. The van der Waals surface area contributed by atoms with Crippen molar-refractivity contribution in [3.8, 4) is 0 Å². The zero-order valence-electron chi connectivity index (χ0n) is 9.88. The lowest BCUT2D eigenvalue weighted by Gasteiger charge is -2.25. The van der Waals surface area contributed by atoms with E-state index in [4.69, 9.17) is 5.11 Å². The molecule has 5 heteroatoms. The summed E-state index contributed by atoms with van der Waals surface area (Å²) in [5, 5.41) is 14.7. The van der Waals surface area contributed by atoms with Gasteiger partial charge in [0.25, 0.3) is 0 Å². The summed E-state index contributed by atoms with van der Waals surface area (Å²) in [6.07, 6.45) is 2.92. The molecule has 0 bridgehead atoms. The molecule has 0 saturated carbocycles. The van der Waals surface area contributed by atoms with E-state index in [0.29, 0.717) is 6.42 Å². The maximum Gasteiger partial charge on any atom is 0.326 e. The third kappa shape index (κ3) is 2.95. The molecule has 1 amide bonds. The highest BCUT2D eigenvalue weighted by Gasteiger charge is 2.37. The molecule has 0 aromatic carbocycles. The Labute approximate surface area is 95.6 Å². The SMILES string of the molecule is CCC[C@@H](NC(=O)C1(C)CCCN1)C(=O)O. The molecule has 0 spiro atoms. The molecule has 2 atom stereocenters. The summed E-state index contributed by atoms with van der Waals surface area (Å²) in [5.74, 6) is -1.16. The number of carbonyl (C=O) groups excluding carboxylic acids is 1. The average molecular weight is 228 g/mol. The van der Waals surface area contributed by atoms with Crippen LogP contribution in [-0.2, 0) is 9.59 Å². The number of carboxylic acid groups (broad SMARTS) is 1. The Morgan fingerprint density at radius 2 is 2.25 bits per heavy atom. The lowest BCUT2D eigenvalue weighted by molar-refractivity contribution is -0.143. The maximum atomic E-state index is 11.9. The van der Waals surface area contributed by atoms with Crippen LogP contribution in [0.15, 0.2) is 0 Å². The Hall–Kier alpha value is -1.10. The van der Waals surface area contributed by atoms with Gasteiger partial charge in [-0.15, -0.1) is 0 Å². The monoisotopic (exact) mass is 228 g/mol. The van der Waals surface area contributed by atoms with Gasteiger partial charge in [-0.25, -0.2) is 4.79 Å². The number of nitrogens with one attached hydrogen (secondary N) is 2. The summed E-state index contributed by atoms with van der Waals surface area (Å²) in [7, 11) is 0. The molecule has 3 N–H and O–H groups in total. The largest absolute Gasteiger partial charge is 0.480 e. The van der Waals surface area contributed by atoms with E-state index in [-0.39, 0.29) is 5.91 Å². The fourth-order valence-electron chi connectivity index (χ4n) is 1.95. The number of rotatable bonds is 5. The van der Waals surface area contributed by atoms with Crippen molar-refractivity contribution in [2.75, 3.05) is 6.54 Å². The Morgan fingerprint density at radius 1 is 1.56 bits per heavy atom. The lowest BCUT2D eigenvalue weighted by atomic mass is 9.98. The van der Waals surface area contributed by atoms with Crippen LogP contribution in [0, 0.1) is 0 Å². The second-order valence-corrected chi connectivity index (χ2v) is 4.52. The van der Waals surface area contributed by atoms with Gasteiger partial charge >= 0.3 is 5.97 Å². The van der Waals surface area contributed by atoms with Crippen LogP contribution in [0.3, 0.4) is 0 Å². The predicted molar refractivity (Wildman–Crippen MR) is 60.1 cm³/mol. The normalized spacial score (nSPS) is 26.4. The van der Waals surface area contributed by atoms with Crippen LogP contribution in [0.25, 0.3) is 0 Å². The Bertz CT molecular complexity index is 272. The molecule has 1 saturated heterocycles. The summed E-state index contributed by atoms with van der Waals surface area (Å²) in [6.45, 7) is 4.53. The number of carboxylic acids is 1. The topological polar surface area (TPSA) is 78.4 Å². The van der Waals surface area contributed by atoms with Gasteiger partial charge in [0.2, 0.25) is 5.91 Å². The van der Waals surface area contributed by atoms with E-state index < -0.39 is 17.6 Å². The second kappa shape index (κ2) is 5.30. The van der Waals surface area contributed by atoms with Crippen molar-refractivity contribution in [2.24, 2.45) is 0 Å². The number of hydrogen-bond acceptors (Lipinski definition) is 3. The summed E-state index contributed by atoms with van der Waals surface area (Å²) in [6, 6.07) is -0.767. The molecule has 1 fully saturated rings. The molecular weight excluding hydrogens is 208 g/mol. The molecular formula is C11H20N2O3. The minimum atomic E-state index is -0.961. The third-order valence-electron chi connectivity index (χ3n) is 3.05. The second-order valence-electron chi connectivity index (χ2n) is 4.52. The van der Waals surface area contributed by atoms with Gasteiger partial charge in [-0.1, -0.05) is 13.3 Å². The first kappa shape index (κ1) is 13.0. The van der Waals surface area contributed by atoms with E-state index in [2.05, 4.69) is 10.6 Å². The summed E-state index contributed by atoms with van der Waals surface area (Å²) < 4.78 is 0. The fraction of sp³-hybridized carbons (Fsp3) is 0.818. The van der Waals surface area contributed by atoms with Crippen LogP contribution in [0.1, 0.15) is 39.5 Å². The van der Waals surface area contributed by atoms with Gasteiger partial charge in [0.1, 0.15) is 6.04 Å². The van der Waals surface area contributed by atoms with Crippen LogP contribution in [0.4, 0.5) is 0 Å². The number of carbonyl (C=O) groups is 2. The first-order valence-electron chi connectivity index (χ1n) is 5.78. The highest BCUT2D eigenvalue weighted by atomic mass is 16.4. The summed E-state index contributed by atoms with van der Waals surface area (Å²) in [5.41, 5.74) is -0.596. The molecule has 92 valence electrons. The van der Waals surface area contributed by atoms with Crippen LogP contribution in [0.5, 0.6) is 0 Å². The molecule has 1 unspecified atom stereocenters. The molecule has 16 heavy (non-hydrogen) atoms. The van der Waals surface area contributed by atoms with Gasteiger partial charge in [-0.3, -0.25) is 4.79 Å². The molecule has 0 aromatic rings. The summed E-state index contributed by atoms with van der Waals surface area (Å²) >= 11 is 0. The predicted octanol–water partition coefficient (Wildman–Crippen LogP) is 0.498. The van der Waals surface area contributed by atoms with Gasteiger partial charge in [0, 0.05) is 0 Å². The number of hydrogen-bond donors (Lipinski definition) is 3. The zero-order valence-corrected chi connectivity index (χ0v) is 9.88. The third-order valence-corrected chi connectivity index (χ3v) is 3.05. The molecule has 0 aromatic heterocycles. The Morgan fingerprint density at radius 3 is 2.69 bits per heavy atom. The van der Waals surface area contributed by atoms with Crippen molar-refractivity contribution in [1.29, 1.82) is 0 Å². The van der Waals surface area contributed by atoms with E-state index in [1.54, 1.807) is 0 Å². The highest BCUT2D eigenvalue weighted by Crippen LogP contribution is 2.18. The molecule has 5 nitrogen and oxygen atoms in total. The first-order chi connectivity index (χ1) is 7.49. The summed E-state index contributed by atoms with van der Waals surface area (Å²) in [4.78, 5) is 22.8. The van der Waals surface area contributed by atoms with Crippen molar-refractivity contribution in [2.45, 2.75) is 51.1 Å². The van der Waals surface area contributed by atoms with Gasteiger partial charge in [0.05, 0.1) is 5.54 Å². The van der Waals surface area contributed by atoms with E-state index in [0.717, 1.165) is 25.8 Å². The quantitative estimate of drug-likeness (QED) is 0.640. The standard InChI is InChI=1S/C11H20N2O3/c1-3-5-8(9(14)15)13-10(16)11(2)6-4-7-12-11/h8,12H,3-7H2,1-2H3,(H,13,16)(H,14,15)/t8-,11?/m1/s1. The number of aliphatic carboxylic acids is 1. The van der Waals surface area contributed by atoms with E-state index in [1.165, 1.54) is 0 Å². The lowest BCUT2D eigenvalue weighted by Crippen LogP contribution is -2.55. The zero-order chi connectivity index (χ0) is 12.2. The van der Waals surface area contributed by atoms with E-state index >= 15 is 0 Å². The van der Waals surface area contributed by atoms with E-state index in [1.807, 2.05) is 13.8 Å². The minimum Gasteiger partial charge on any atom is -0.480 e. The van der Waals surface area contributed by atoms with Gasteiger partial charge < -0.3 is 15.7 Å². The van der Waals surface area contributed by atoms with Gasteiger partial charge in [-0.2, -0.15) is 0 Å². The maximum absolute atomic E-state index is 11.9. The van der Waals surface area contributed by atoms with E-state index in [9.17, 15) is 9.59 Å². The van der Waals surface area contributed by atoms with Gasteiger partial charge in [0.15, 0.2) is 0 Å². The van der Waals surface area contributed by atoms with Crippen molar-refractivity contribution in [1.82, 2.24) is 10.6 Å².